The number of thioether (sulfide) groups is 1. The Hall–Kier alpha value is -3.84. The van der Waals surface area contributed by atoms with Crippen LogP contribution in [0.1, 0.15) is 49.9 Å². The fourth-order valence-electron chi connectivity index (χ4n) is 4.51. The SMILES string of the molecule is CCCCC(CC)CSc1ccc2nn(-c3ccc(NC(=O)c4ccc5ccccc5c4)cc3O)nc2c1. The highest BCUT2D eigenvalue weighted by atomic mass is 32.2. The maximum Gasteiger partial charge on any atom is 0.255 e. The number of unbranched alkanes of at least 4 members (excludes halogenated alkanes) is 1. The third kappa shape index (κ3) is 5.83. The zero-order valence-electron chi connectivity index (χ0n) is 21.7. The molecule has 1 unspecified atom stereocenters. The first-order valence-electron chi connectivity index (χ1n) is 13.2. The van der Waals surface area contributed by atoms with E-state index in [0.29, 0.717) is 16.9 Å². The summed E-state index contributed by atoms with van der Waals surface area (Å²) in [5.74, 6) is 1.57. The van der Waals surface area contributed by atoms with Crippen LogP contribution >= 0.6 is 11.8 Å². The highest BCUT2D eigenvalue weighted by molar-refractivity contribution is 7.99. The lowest BCUT2D eigenvalue weighted by atomic mass is 10.0. The summed E-state index contributed by atoms with van der Waals surface area (Å²) in [5.41, 5.74) is 3.04. The van der Waals surface area contributed by atoms with Crippen LogP contribution in [0.15, 0.2) is 83.8 Å². The second-order valence-electron chi connectivity index (χ2n) is 9.59. The lowest BCUT2D eigenvalue weighted by molar-refractivity contribution is 0.102. The minimum atomic E-state index is -0.240. The van der Waals surface area contributed by atoms with Gasteiger partial charge in [-0.15, -0.1) is 26.8 Å². The van der Waals surface area contributed by atoms with Crippen molar-refractivity contribution in [1.29, 1.82) is 0 Å². The van der Waals surface area contributed by atoms with Gasteiger partial charge in [0.05, 0.1) is 0 Å². The predicted octanol–water partition coefficient (Wildman–Crippen LogP) is 7.84. The summed E-state index contributed by atoms with van der Waals surface area (Å²) < 4.78 is 0. The van der Waals surface area contributed by atoms with Gasteiger partial charge in [0.25, 0.3) is 5.91 Å². The molecule has 1 heterocycles. The van der Waals surface area contributed by atoms with Crippen LogP contribution in [0.25, 0.3) is 27.5 Å². The molecule has 1 amide bonds. The number of anilines is 1. The Morgan fingerprint density at radius 1 is 0.947 bits per heavy atom. The monoisotopic (exact) mass is 524 g/mol. The van der Waals surface area contributed by atoms with E-state index in [0.717, 1.165) is 33.5 Å². The van der Waals surface area contributed by atoms with Crippen molar-refractivity contribution in [2.75, 3.05) is 11.1 Å². The van der Waals surface area contributed by atoms with Gasteiger partial charge >= 0.3 is 0 Å². The zero-order valence-corrected chi connectivity index (χ0v) is 22.5. The van der Waals surface area contributed by atoms with E-state index in [9.17, 15) is 9.90 Å². The quantitative estimate of drug-likeness (QED) is 0.182. The van der Waals surface area contributed by atoms with Crippen molar-refractivity contribution in [2.45, 2.75) is 44.4 Å². The van der Waals surface area contributed by atoms with Gasteiger partial charge in [0.15, 0.2) is 0 Å². The highest BCUT2D eigenvalue weighted by Gasteiger charge is 2.13. The summed E-state index contributed by atoms with van der Waals surface area (Å²) >= 11 is 1.87. The molecule has 5 rings (SSSR count). The van der Waals surface area contributed by atoms with Gasteiger partial charge in [0.2, 0.25) is 0 Å². The largest absolute Gasteiger partial charge is 0.506 e. The number of carbonyl (C=O) groups excluding carboxylic acids is 1. The number of aromatic hydroxyl groups is 1. The number of phenolic OH excluding ortho intramolecular Hbond substituents is 1. The standard InChI is InChI=1S/C31H32N4O2S/c1-3-5-8-21(4-2)20-38-26-14-15-27-28(19-26)34-35(33-27)29-16-13-25(18-30(29)36)32-31(37)24-12-11-22-9-6-7-10-23(22)17-24/h6-7,9-19,21,36H,3-5,8,20H2,1-2H3,(H,32,37). The molecule has 38 heavy (non-hydrogen) atoms. The summed E-state index contributed by atoms with van der Waals surface area (Å²) in [6.07, 6.45) is 4.99. The first-order chi connectivity index (χ1) is 18.5. The Balaban J connectivity index is 1.29. The minimum Gasteiger partial charge on any atom is -0.506 e. The molecule has 0 aliphatic carbocycles. The molecular formula is C31H32N4O2S. The predicted molar refractivity (Wildman–Crippen MR) is 156 cm³/mol. The number of amides is 1. The fourth-order valence-corrected chi connectivity index (χ4v) is 5.70. The second-order valence-corrected chi connectivity index (χ2v) is 10.7. The number of carbonyl (C=O) groups is 1. The molecular weight excluding hydrogens is 492 g/mol. The molecule has 7 heteroatoms. The van der Waals surface area contributed by atoms with Gasteiger partial charge in [-0.1, -0.05) is 63.4 Å². The van der Waals surface area contributed by atoms with E-state index in [1.165, 1.54) is 41.4 Å². The molecule has 0 saturated carbocycles. The van der Waals surface area contributed by atoms with Crippen molar-refractivity contribution in [2.24, 2.45) is 5.92 Å². The van der Waals surface area contributed by atoms with Gasteiger partial charge in [-0.25, -0.2) is 0 Å². The van der Waals surface area contributed by atoms with Crippen molar-refractivity contribution in [1.82, 2.24) is 15.0 Å². The van der Waals surface area contributed by atoms with Crippen LogP contribution in [-0.4, -0.2) is 31.8 Å². The van der Waals surface area contributed by atoms with Crippen LogP contribution < -0.4 is 5.32 Å². The number of benzene rings is 4. The Morgan fingerprint density at radius 3 is 2.55 bits per heavy atom. The number of aromatic nitrogens is 3. The molecule has 6 nitrogen and oxygen atoms in total. The van der Waals surface area contributed by atoms with Gasteiger partial charge in [0, 0.05) is 28.0 Å². The molecule has 0 radical (unpaired) electrons. The van der Waals surface area contributed by atoms with Crippen molar-refractivity contribution in [3.05, 3.63) is 84.4 Å². The van der Waals surface area contributed by atoms with E-state index < -0.39 is 0 Å². The molecule has 1 aromatic heterocycles. The summed E-state index contributed by atoms with van der Waals surface area (Å²) in [6, 6.07) is 24.6. The van der Waals surface area contributed by atoms with E-state index in [-0.39, 0.29) is 11.7 Å². The molecule has 2 N–H and O–H groups in total. The topological polar surface area (TPSA) is 80.0 Å². The molecule has 0 aliphatic rings. The number of phenols is 1. The second kappa shape index (κ2) is 11.7. The Morgan fingerprint density at radius 2 is 1.76 bits per heavy atom. The average molecular weight is 525 g/mol. The van der Waals surface area contributed by atoms with Crippen LogP contribution in [0.2, 0.25) is 0 Å². The first-order valence-corrected chi connectivity index (χ1v) is 14.2. The molecule has 194 valence electrons. The van der Waals surface area contributed by atoms with Crippen molar-refractivity contribution in [3.63, 3.8) is 0 Å². The smallest absolute Gasteiger partial charge is 0.255 e. The zero-order chi connectivity index (χ0) is 26.5. The maximum absolute atomic E-state index is 12.8. The highest BCUT2D eigenvalue weighted by Crippen LogP contribution is 2.29. The van der Waals surface area contributed by atoms with Crippen LogP contribution in [0.3, 0.4) is 0 Å². The number of hydrogen-bond donors (Lipinski definition) is 2. The van der Waals surface area contributed by atoms with E-state index in [1.54, 1.807) is 18.2 Å². The first kappa shape index (κ1) is 25.8. The fraction of sp³-hybridized carbons (Fsp3) is 0.258. The lowest BCUT2D eigenvalue weighted by Crippen LogP contribution is -2.12. The van der Waals surface area contributed by atoms with Crippen LogP contribution in [0.5, 0.6) is 5.75 Å². The maximum atomic E-state index is 12.8. The van der Waals surface area contributed by atoms with Crippen molar-refractivity contribution in [3.8, 4) is 11.4 Å². The number of fused-ring (bicyclic) bond motifs is 2. The summed E-state index contributed by atoms with van der Waals surface area (Å²) in [6.45, 7) is 4.51. The van der Waals surface area contributed by atoms with E-state index in [1.807, 2.05) is 54.2 Å². The van der Waals surface area contributed by atoms with Crippen LogP contribution in [-0.2, 0) is 0 Å². The van der Waals surface area contributed by atoms with Gasteiger partial charge in [-0.05, 0) is 65.6 Å². The Kier molecular flexibility index (Phi) is 7.94. The van der Waals surface area contributed by atoms with Crippen LogP contribution in [0.4, 0.5) is 5.69 Å². The molecule has 4 aromatic carbocycles. The third-order valence-corrected chi connectivity index (χ3v) is 8.07. The average Bonchev–Trinajstić information content (AvgIpc) is 3.36. The van der Waals surface area contributed by atoms with E-state index in [4.69, 9.17) is 0 Å². The molecule has 0 bridgehead atoms. The van der Waals surface area contributed by atoms with Gasteiger partial charge in [-0.3, -0.25) is 4.79 Å². The normalized spacial score (nSPS) is 12.2. The lowest BCUT2D eigenvalue weighted by Gasteiger charge is -2.13. The molecule has 0 spiro atoms. The van der Waals surface area contributed by atoms with Gasteiger partial charge in [-0.2, -0.15) is 0 Å². The summed E-state index contributed by atoms with van der Waals surface area (Å²) in [7, 11) is 0. The number of hydrogen-bond acceptors (Lipinski definition) is 5. The number of rotatable bonds is 10. The van der Waals surface area contributed by atoms with E-state index >= 15 is 0 Å². The Labute approximate surface area is 227 Å². The summed E-state index contributed by atoms with van der Waals surface area (Å²) in [4.78, 5) is 15.4. The molecule has 0 aliphatic heterocycles. The molecule has 1 atom stereocenters. The number of nitrogens with zero attached hydrogens (tertiary/aromatic N) is 3. The third-order valence-electron chi connectivity index (χ3n) is 6.84. The molecule has 0 saturated heterocycles. The van der Waals surface area contributed by atoms with E-state index in [2.05, 4.69) is 41.5 Å². The van der Waals surface area contributed by atoms with Crippen LogP contribution in [0, 0.1) is 5.92 Å². The number of nitrogens with one attached hydrogen (secondary N) is 1. The van der Waals surface area contributed by atoms with Gasteiger partial charge in [0.1, 0.15) is 22.5 Å². The minimum absolute atomic E-state index is 0.0158. The van der Waals surface area contributed by atoms with Crippen molar-refractivity contribution < 1.29 is 9.90 Å². The summed E-state index contributed by atoms with van der Waals surface area (Å²) in [5, 5.41) is 24.8. The molecule has 0 fully saturated rings. The molecule has 5 aromatic rings. The van der Waals surface area contributed by atoms with Gasteiger partial charge < -0.3 is 10.4 Å². The Bertz CT molecular complexity index is 1580. The van der Waals surface area contributed by atoms with Crippen molar-refractivity contribution >= 4 is 45.2 Å².